The van der Waals surface area contributed by atoms with Gasteiger partial charge in [0.2, 0.25) is 0 Å². The Morgan fingerprint density at radius 2 is 2.38 bits per heavy atom. The van der Waals surface area contributed by atoms with Gasteiger partial charge in [0.1, 0.15) is 3.70 Å². The van der Waals surface area contributed by atoms with Crippen LogP contribution < -0.4 is 0 Å². The van der Waals surface area contributed by atoms with Crippen LogP contribution in [0.4, 0.5) is 0 Å². The van der Waals surface area contributed by atoms with E-state index in [4.69, 9.17) is 0 Å². The molecule has 2 nitrogen and oxygen atoms in total. The van der Waals surface area contributed by atoms with E-state index in [1.165, 1.54) is 0 Å². The van der Waals surface area contributed by atoms with Crippen LogP contribution in [0.25, 0.3) is 0 Å². The van der Waals surface area contributed by atoms with Crippen molar-refractivity contribution in [1.29, 1.82) is 0 Å². The van der Waals surface area contributed by atoms with Gasteiger partial charge in [-0.3, -0.25) is 0 Å². The van der Waals surface area contributed by atoms with Crippen molar-refractivity contribution < 1.29 is 0 Å². The van der Waals surface area contributed by atoms with Crippen LogP contribution in [0.5, 0.6) is 0 Å². The average molecular weight is 220 g/mol. The molecule has 0 amide bonds. The molecule has 1 aromatic heterocycles. The van der Waals surface area contributed by atoms with E-state index in [1.807, 2.05) is 13.0 Å². The highest BCUT2D eigenvalue weighted by molar-refractivity contribution is 14.1. The molecule has 0 radical (unpaired) electrons. The average Bonchev–Trinajstić information content (AvgIpc) is 1.64. The maximum absolute atomic E-state index is 3.78. The second kappa shape index (κ2) is 2.39. The molecule has 1 aromatic rings. The minimum Gasteiger partial charge on any atom is -0.158 e. The molecule has 1 heterocycles. The Kier molecular flexibility index (Phi) is 1.77. The molecule has 0 N–H and O–H groups in total. The van der Waals surface area contributed by atoms with Crippen molar-refractivity contribution in [1.82, 2.24) is 10.2 Å². The van der Waals surface area contributed by atoms with Crippen LogP contribution >= 0.6 is 22.6 Å². The predicted octanol–water partition coefficient (Wildman–Crippen LogP) is 1.39. The van der Waals surface area contributed by atoms with Crippen molar-refractivity contribution in [2.24, 2.45) is 0 Å². The van der Waals surface area contributed by atoms with Crippen LogP contribution in [0.3, 0.4) is 0 Å². The first-order valence-corrected chi connectivity index (χ1v) is 3.32. The van der Waals surface area contributed by atoms with E-state index >= 15 is 0 Å². The topological polar surface area (TPSA) is 25.8 Å². The largest absolute Gasteiger partial charge is 0.158 e. The van der Waals surface area contributed by atoms with Crippen molar-refractivity contribution in [3.63, 3.8) is 0 Å². The zero-order valence-electron chi connectivity index (χ0n) is 4.43. The van der Waals surface area contributed by atoms with Crippen molar-refractivity contribution in [2.75, 3.05) is 0 Å². The van der Waals surface area contributed by atoms with Gasteiger partial charge in [-0.05, 0) is 41.1 Å². The van der Waals surface area contributed by atoms with Gasteiger partial charge in [-0.2, -0.15) is 5.10 Å². The van der Waals surface area contributed by atoms with Gasteiger partial charge in [0, 0.05) is 0 Å². The van der Waals surface area contributed by atoms with Gasteiger partial charge >= 0.3 is 0 Å². The Hall–Kier alpha value is -0.190. The van der Waals surface area contributed by atoms with Crippen molar-refractivity contribution in [2.45, 2.75) is 6.92 Å². The lowest BCUT2D eigenvalue weighted by molar-refractivity contribution is 0.987. The zero-order valence-corrected chi connectivity index (χ0v) is 6.58. The summed E-state index contributed by atoms with van der Waals surface area (Å²) in [6, 6.07) is 1.98. The molecule has 1 rings (SSSR count). The normalized spacial score (nSPS) is 9.25. The Morgan fingerprint density at radius 1 is 1.62 bits per heavy atom. The lowest BCUT2D eigenvalue weighted by atomic mass is 10.4. The summed E-state index contributed by atoms with van der Waals surface area (Å²) in [4.78, 5) is 0. The van der Waals surface area contributed by atoms with Gasteiger partial charge in [0.05, 0.1) is 6.20 Å². The fraction of sp³-hybridized carbons (Fsp3) is 0.200. The fourth-order valence-electron chi connectivity index (χ4n) is 0.429. The highest BCUT2D eigenvalue weighted by Gasteiger charge is 1.85. The Bertz CT molecular complexity index is 170. The van der Waals surface area contributed by atoms with Crippen LogP contribution in [0.15, 0.2) is 12.3 Å². The molecule has 42 valence electrons. The van der Waals surface area contributed by atoms with Crippen LogP contribution in [0, 0.1) is 10.6 Å². The van der Waals surface area contributed by atoms with Crippen LogP contribution in [0.1, 0.15) is 5.56 Å². The zero-order chi connectivity index (χ0) is 5.98. The lowest BCUT2D eigenvalue weighted by Gasteiger charge is -1.87. The third-order valence-electron chi connectivity index (χ3n) is 0.761. The van der Waals surface area contributed by atoms with Gasteiger partial charge in [-0.25, -0.2) is 0 Å². The summed E-state index contributed by atoms with van der Waals surface area (Å²) >= 11 is 2.13. The quantitative estimate of drug-likeness (QED) is 0.617. The SMILES string of the molecule is Cc1cnnc(I)c1. The summed E-state index contributed by atoms with van der Waals surface area (Å²) in [5.41, 5.74) is 1.16. The maximum atomic E-state index is 3.78. The molecule has 0 saturated carbocycles. The van der Waals surface area contributed by atoms with E-state index in [9.17, 15) is 0 Å². The molecule has 0 aliphatic carbocycles. The highest BCUT2D eigenvalue weighted by atomic mass is 127. The summed E-state index contributed by atoms with van der Waals surface area (Å²) in [6.07, 6.45) is 1.74. The van der Waals surface area contributed by atoms with Gasteiger partial charge in [-0.1, -0.05) is 0 Å². The van der Waals surface area contributed by atoms with E-state index in [0.29, 0.717) is 0 Å². The summed E-state index contributed by atoms with van der Waals surface area (Å²) in [7, 11) is 0. The molecule has 0 aromatic carbocycles. The molecule has 0 fully saturated rings. The highest BCUT2D eigenvalue weighted by Crippen LogP contribution is 1.99. The molecule has 0 aliphatic rings. The molecule has 0 unspecified atom stereocenters. The molecule has 0 atom stereocenters. The number of hydrogen-bond acceptors (Lipinski definition) is 2. The van der Waals surface area contributed by atoms with E-state index in [0.717, 1.165) is 9.26 Å². The standard InChI is InChI=1S/C5H5IN2/c1-4-2-5(6)8-7-3-4/h2-3H,1H3. The Morgan fingerprint density at radius 3 is 2.75 bits per heavy atom. The summed E-state index contributed by atoms with van der Waals surface area (Å²) in [6.45, 7) is 2.00. The molecule has 0 spiro atoms. The van der Waals surface area contributed by atoms with Crippen molar-refractivity contribution >= 4 is 22.6 Å². The van der Waals surface area contributed by atoms with Crippen molar-refractivity contribution in [3.8, 4) is 0 Å². The number of nitrogens with zero attached hydrogens (tertiary/aromatic N) is 2. The maximum Gasteiger partial charge on any atom is 0.124 e. The van der Waals surface area contributed by atoms with Crippen molar-refractivity contribution in [3.05, 3.63) is 21.5 Å². The van der Waals surface area contributed by atoms with Gasteiger partial charge in [-0.15, -0.1) is 5.10 Å². The van der Waals surface area contributed by atoms with Gasteiger partial charge < -0.3 is 0 Å². The summed E-state index contributed by atoms with van der Waals surface area (Å²) in [5, 5.41) is 7.50. The number of aryl methyl sites for hydroxylation is 1. The fourth-order valence-corrected chi connectivity index (χ4v) is 1.04. The number of hydrogen-bond donors (Lipinski definition) is 0. The second-order valence-corrected chi connectivity index (χ2v) is 2.66. The third kappa shape index (κ3) is 1.40. The predicted molar refractivity (Wildman–Crippen MR) is 39.5 cm³/mol. The molecule has 0 saturated heterocycles. The molecule has 8 heavy (non-hydrogen) atoms. The van der Waals surface area contributed by atoms with Gasteiger partial charge in [0.25, 0.3) is 0 Å². The van der Waals surface area contributed by atoms with Crippen LogP contribution in [0.2, 0.25) is 0 Å². The Labute approximate surface area is 61.5 Å². The first-order chi connectivity index (χ1) is 3.79. The second-order valence-electron chi connectivity index (χ2n) is 1.56. The first-order valence-electron chi connectivity index (χ1n) is 2.24. The van der Waals surface area contributed by atoms with Crippen LogP contribution in [-0.2, 0) is 0 Å². The van der Waals surface area contributed by atoms with Crippen LogP contribution in [-0.4, -0.2) is 10.2 Å². The number of rotatable bonds is 0. The van der Waals surface area contributed by atoms with Gasteiger partial charge in [0.15, 0.2) is 0 Å². The Balaban J connectivity index is 3.08. The number of aromatic nitrogens is 2. The van der Waals surface area contributed by atoms with E-state index in [1.54, 1.807) is 6.20 Å². The van der Waals surface area contributed by atoms with E-state index < -0.39 is 0 Å². The first kappa shape index (κ1) is 5.94. The smallest absolute Gasteiger partial charge is 0.124 e. The lowest BCUT2D eigenvalue weighted by Crippen LogP contribution is -1.84. The number of halogens is 1. The molecular weight excluding hydrogens is 215 g/mol. The summed E-state index contributed by atoms with van der Waals surface area (Å²) in [5.74, 6) is 0. The minimum atomic E-state index is 0.947. The third-order valence-corrected chi connectivity index (χ3v) is 1.29. The summed E-state index contributed by atoms with van der Waals surface area (Å²) < 4.78 is 0.947. The molecule has 3 heteroatoms. The minimum absolute atomic E-state index is 0.947. The monoisotopic (exact) mass is 220 g/mol. The molecular formula is C5H5IN2. The molecule has 0 aliphatic heterocycles. The molecule has 0 bridgehead atoms. The van der Waals surface area contributed by atoms with E-state index in [2.05, 4.69) is 32.8 Å². The van der Waals surface area contributed by atoms with E-state index in [-0.39, 0.29) is 0 Å².